The van der Waals surface area contributed by atoms with Gasteiger partial charge >= 0.3 is 11.8 Å². The van der Waals surface area contributed by atoms with Crippen LogP contribution >= 0.6 is 0 Å². The van der Waals surface area contributed by atoms with Crippen molar-refractivity contribution in [2.75, 3.05) is 26.2 Å². The number of piperidine rings is 1. The molecule has 1 unspecified atom stereocenters. The maximum Gasteiger partial charge on any atom is 0.311 e. The van der Waals surface area contributed by atoms with E-state index in [2.05, 4.69) is 17.6 Å². The van der Waals surface area contributed by atoms with Crippen molar-refractivity contribution in [1.82, 2.24) is 15.5 Å². The number of nitrogens with one attached hydrogen (secondary N) is 2. The molecule has 1 heterocycles. The third-order valence-electron chi connectivity index (χ3n) is 2.92. The van der Waals surface area contributed by atoms with Crippen LogP contribution < -0.4 is 10.6 Å². The van der Waals surface area contributed by atoms with Crippen LogP contribution in [0.1, 0.15) is 26.7 Å². The molecular weight excluding hydrogens is 234 g/mol. The fourth-order valence-corrected chi connectivity index (χ4v) is 2.01. The van der Waals surface area contributed by atoms with Crippen LogP contribution in [-0.4, -0.2) is 48.8 Å². The molecule has 1 aliphatic heterocycles. The molecule has 1 saturated heterocycles. The molecule has 0 aromatic carbocycles. The summed E-state index contributed by atoms with van der Waals surface area (Å²) in [5.41, 5.74) is 0. The monoisotopic (exact) mass is 255 g/mol. The predicted molar refractivity (Wildman–Crippen MR) is 66.7 cm³/mol. The first-order chi connectivity index (χ1) is 8.50. The first-order valence-electron chi connectivity index (χ1n) is 6.32. The summed E-state index contributed by atoms with van der Waals surface area (Å²) in [5, 5.41) is 5.05. The van der Waals surface area contributed by atoms with E-state index in [0.717, 1.165) is 12.8 Å². The van der Waals surface area contributed by atoms with Crippen molar-refractivity contribution < 1.29 is 14.4 Å². The van der Waals surface area contributed by atoms with Crippen molar-refractivity contribution in [2.24, 2.45) is 5.92 Å². The minimum atomic E-state index is -0.588. The molecule has 1 atom stereocenters. The highest BCUT2D eigenvalue weighted by atomic mass is 16.2. The Bertz CT molecular complexity index is 331. The van der Waals surface area contributed by atoms with E-state index in [1.807, 2.05) is 0 Å². The van der Waals surface area contributed by atoms with Crippen LogP contribution in [0.15, 0.2) is 0 Å². The van der Waals surface area contributed by atoms with Crippen molar-refractivity contribution in [2.45, 2.75) is 26.7 Å². The summed E-state index contributed by atoms with van der Waals surface area (Å²) in [6, 6.07) is 0. The van der Waals surface area contributed by atoms with E-state index < -0.39 is 11.8 Å². The lowest BCUT2D eigenvalue weighted by Gasteiger charge is -2.30. The molecule has 0 bridgehead atoms. The van der Waals surface area contributed by atoms with Gasteiger partial charge in [-0.3, -0.25) is 14.4 Å². The smallest absolute Gasteiger partial charge is 0.311 e. The summed E-state index contributed by atoms with van der Waals surface area (Å²) in [4.78, 5) is 35.6. The Morgan fingerprint density at radius 1 is 1.22 bits per heavy atom. The van der Waals surface area contributed by atoms with E-state index in [0.29, 0.717) is 25.6 Å². The zero-order valence-corrected chi connectivity index (χ0v) is 11.0. The minimum absolute atomic E-state index is 0.152. The molecule has 0 aliphatic carbocycles. The van der Waals surface area contributed by atoms with Gasteiger partial charge in [-0.2, -0.15) is 0 Å². The lowest BCUT2D eigenvalue weighted by molar-refractivity contribution is -0.146. The Hall–Kier alpha value is -1.59. The van der Waals surface area contributed by atoms with E-state index in [9.17, 15) is 14.4 Å². The highest BCUT2D eigenvalue weighted by molar-refractivity contribution is 6.35. The second-order valence-corrected chi connectivity index (χ2v) is 4.74. The van der Waals surface area contributed by atoms with Crippen LogP contribution in [0.2, 0.25) is 0 Å². The van der Waals surface area contributed by atoms with Gasteiger partial charge in [-0.25, -0.2) is 0 Å². The first-order valence-corrected chi connectivity index (χ1v) is 6.32. The summed E-state index contributed by atoms with van der Waals surface area (Å²) >= 11 is 0. The zero-order valence-electron chi connectivity index (χ0n) is 11.0. The van der Waals surface area contributed by atoms with E-state index >= 15 is 0 Å². The highest BCUT2D eigenvalue weighted by Gasteiger charge is 2.25. The minimum Gasteiger partial charge on any atom is -0.355 e. The maximum atomic E-state index is 11.8. The second-order valence-electron chi connectivity index (χ2n) is 4.74. The molecular formula is C12H21N3O3. The quantitative estimate of drug-likeness (QED) is 0.527. The number of hydrogen-bond donors (Lipinski definition) is 2. The summed E-state index contributed by atoms with van der Waals surface area (Å²) in [5.74, 6) is -0.755. The topological polar surface area (TPSA) is 78.5 Å². The summed E-state index contributed by atoms with van der Waals surface area (Å²) in [6.07, 6.45) is 2.06. The van der Waals surface area contributed by atoms with Gasteiger partial charge in [0.25, 0.3) is 0 Å². The SMILES string of the molecule is CC(=O)NCCNC(=O)C(=O)N1CCCC(C)C1. The molecule has 6 heteroatoms. The lowest BCUT2D eigenvalue weighted by Crippen LogP contribution is -2.48. The number of likely N-dealkylation sites (tertiary alicyclic amines) is 1. The van der Waals surface area contributed by atoms with Gasteiger partial charge < -0.3 is 15.5 Å². The number of hydrogen-bond acceptors (Lipinski definition) is 3. The first kappa shape index (κ1) is 14.5. The third-order valence-corrected chi connectivity index (χ3v) is 2.92. The van der Waals surface area contributed by atoms with Gasteiger partial charge in [0, 0.05) is 33.1 Å². The zero-order chi connectivity index (χ0) is 13.5. The van der Waals surface area contributed by atoms with Gasteiger partial charge in [0.05, 0.1) is 0 Å². The van der Waals surface area contributed by atoms with Crippen LogP contribution in [0.5, 0.6) is 0 Å². The summed E-state index contributed by atoms with van der Waals surface area (Å²) in [7, 11) is 0. The van der Waals surface area contributed by atoms with E-state index in [1.165, 1.54) is 6.92 Å². The number of rotatable bonds is 3. The lowest BCUT2D eigenvalue weighted by atomic mass is 10.0. The third kappa shape index (κ3) is 4.73. The van der Waals surface area contributed by atoms with Gasteiger partial charge in [-0.1, -0.05) is 6.92 Å². The van der Waals surface area contributed by atoms with E-state index in [-0.39, 0.29) is 12.5 Å². The van der Waals surface area contributed by atoms with Crippen molar-refractivity contribution in [1.29, 1.82) is 0 Å². The molecule has 6 nitrogen and oxygen atoms in total. The molecule has 1 rings (SSSR count). The average molecular weight is 255 g/mol. The number of carbonyl (C=O) groups is 3. The van der Waals surface area contributed by atoms with Crippen molar-refractivity contribution in [3.8, 4) is 0 Å². The average Bonchev–Trinajstić information content (AvgIpc) is 2.33. The van der Waals surface area contributed by atoms with E-state index in [1.54, 1.807) is 4.90 Å². The summed E-state index contributed by atoms with van der Waals surface area (Å²) in [6.45, 7) is 5.40. The standard InChI is InChI=1S/C12H21N3O3/c1-9-4-3-7-15(8-9)12(18)11(17)14-6-5-13-10(2)16/h9H,3-8H2,1-2H3,(H,13,16)(H,14,17). The highest BCUT2D eigenvalue weighted by Crippen LogP contribution is 2.15. The Morgan fingerprint density at radius 3 is 2.50 bits per heavy atom. The van der Waals surface area contributed by atoms with Gasteiger partial charge in [-0.15, -0.1) is 0 Å². The van der Waals surface area contributed by atoms with Gasteiger partial charge in [0.2, 0.25) is 5.91 Å². The molecule has 3 amide bonds. The molecule has 0 aromatic heterocycles. The fourth-order valence-electron chi connectivity index (χ4n) is 2.01. The van der Waals surface area contributed by atoms with Crippen LogP contribution in [0.25, 0.3) is 0 Å². The number of amides is 3. The number of carbonyl (C=O) groups excluding carboxylic acids is 3. The fraction of sp³-hybridized carbons (Fsp3) is 0.750. The maximum absolute atomic E-state index is 11.8. The normalized spacial score (nSPS) is 19.2. The Kier molecular flexibility index (Phi) is 5.61. The predicted octanol–water partition coefficient (Wildman–Crippen LogP) is -0.503. The van der Waals surface area contributed by atoms with Gasteiger partial charge in [-0.05, 0) is 18.8 Å². The van der Waals surface area contributed by atoms with Crippen molar-refractivity contribution in [3.05, 3.63) is 0 Å². The van der Waals surface area contributed by atoms with Crippen LogP contribution in [0.4, 0.5) is 0 Å². The molecule has 0 saturated carbocycles. The molecule has 0 spiro atoms. The Morgan fingerprint density at radius 2 is 1.89 bits per heavy atom. The molecule has 0 aromatic rings. The van der Waals surface area contributed by atoms with Crippen LogP contribution in [-0.2, 0) is 14.4 Å². The second kappa shape index (κ2) is 6.98. The largest absolute Gasteiger partial charge is 0.355 e. The Labute approximate surface area is 107 Å². The van der Waals surface area contributed by atoms with E-state index in [4.69, 9.17) is 0 Å². The molecule has 18 heavy (non-hydrogen) atoms. The molecule has 1 fully saturated rings. The molecule has 1 aliphatic rings. The van der Waals surface area contributed by atoms with Gasteiger partial charge in [0.1, 0.15) is 0 Å². The van der Waals surface area contributed by atoms with Crippen molar-refractivity contribution in [3.63, 3.8) is 0 Å². The Balaban J connectivity index is 2.28. The summed E-state index contributed by atoms with van der Waals surface area (Å²) < 4.78 is 0. The molecule has 102 valence electrons. The van der Waals surface area contributed by atoms with Crippen LogP contribution in [0.3, 0.4) is 0 Å². The van der Waals surface area contributed by atoms with Crippen molar-refractivity contribution >= 4 is 17.7 Å². The van der Waals surface area contributed by atoms with Gasteiger partial charge in [0.15, 0.2) is 0 Å². The molecule has 0 radical (unpaired) electrons. The van der Waals surface area contributed by atoms with Crippen LogP contribution in [0, 0.1) is 5.92 Å². The molecule has 2 N–H and O–H groups in total. The number of nitrogens with zero attached hydrogens (tertiary/aromatic N) is 1.